The van der Waals surface area contributed by atoms with Crippen molar-refractivity contribution in [3.63, 3.8) is 0 Å². The molecule has 2 nitrogen and oxygen atoms in total. The summed E-state index contributed by atoms with van der Waals surface area (Å²) in [5, 5.41) is 2.62. The normalized spacial score (nSPS) is 13.9. The fourth-order valence-corrected chi connectivity index (χ4v) is 6.50. The van der Waals surface area contributed by atoms with Gasteiger partial charge in [0.25, 0.3) is 0 Å². The summed E-state index contributed by atoms with van der Waals surface area (Å²) in [5.74, 6) is 2.92. The summed E-state index contributed by atoms with van der Waals surface area (Å²) < 4.78 is 6.75. The number of rotatable bonds is 12. The van der Waals surface area contributed by atoms with Crippen LogP contribution in [-0.2, 0) is 3.79 Å². The summed E-state index contributed by atoms with van der Waals surface area (Å²) in [6, 6.07) is 0. The molecule has 0 aromatic heterocycles. The van der Waals surface area contributed by atoms with Crippen molar-refractivity contribution >= 4 is 14.5 Å². The third-order valence-electron chi connectivity index (χ3n) is 3.77. The second-order valence-electron chi connectivity index (χ2n) is 8.62. The van der Waals surface area contributed by atoms with E-state index in [4.69, 9.17) is 3.79 Å². The van der Waals surface area contributed by atoms with Crippen molar-refractivity contribution in [2.75, 3.05) is 13.1 Å². The molecule has 22 heavy (non-hydrogen) atoms. The van der Waals surface area contributed by atoms with E-state index in [1.807, 2.05) is 0 Å². The molecule has 0 saturated carbocycles. The molecule has 0 aromatic rings. The zero-order valence-electron chi connectivity index (χ0n) is 16.9. The van der Waals surface area contributed by atoms with E-state index in [1.165, 1.54) is 10.6 Å². The SMILES string of the molecule is CCC([O][Al]([CH2]C(C)C)[CH2]C(C)C)N(CC(C)C)CC(C)C. The van der Waals surface area contributed by atoms with Gasteiger partial charge in [0.1, 0.15) is 0 Å². The minimum atomic E-state index is -1.11. The number of nitrogens with zero attached hydrogens (tertiary/aromatic N) is 1. The van der Waals surface area contributed by atoms with Gasteiger partial charge in [-0.15, -0.1) is 0 Å². The fourth-order valence-electron chi connectivity index (χ4n) is 3.17. The Bertz CT molecular complexity index is 246. The molecule has 0 spiro atoms. The summed E-state index contributed by atoms with van der Waals surface area (Å²) in [7, 11) is 0. The second-order valence-corrected chi connectivity index (χ2v) is 11.1. The van der Waals surface area contributed by atoms with Crippen molar-refractivity contribution in [1.82, 2.24) is 4.90 Å². The molecule has 0 amide bonds. The Morgan fingerprint density at radius 2 is 1.14 bits per heavy atom. The molecular formula is C19H42AlNO. The van der Waals surface area contributed by atoms with Crippen molar-refractivity contribution < 1.29 is 3.79 Å². The molecule has 0 radical (unpaired) electrons. The van der Waals surface area contributed by atoms with E-state index in [2.05, 4.69) is 67.2 Å². The van der Waals surface area contributed by atoms with Gasteiger partial charge in [-0.3, -0.25) is 4.90 Å². The maximum absolute atomic E-state index is 6.75. The van der Waals surface area contributed by atoms with Crippen LogP contribution < -0.4 is 0 Å². The van der Waals surface area contributed by atoms with Gasteiger partial charge >= 0.3 is 14.5 Å². The predicted octanol–water partition coefficient (Wildman–Crippen LogP) is 5.66. The van der Waals surface area contributed by atoms with Crippen LogP contribution >= 0.6 is 0 Å². The molecule has 132 valence electrons. The third-order valence-corrected chi connectivity index (χ3v) is 7.41. The van der Waals surface area contributed by atoms with E-state index in [-0.39, 0.29) is 0 Å². The van der Waals surface area contributed by atoms with Crippen LogP contribution in [0, 0.1) is 23.7 Å². The number of hydrogen-bond donors (Lipinski definition) is 0. The molecule has 1 unspecified atom stereocenters. The molecule has 0 heterocycles. The quantitative estimate of drug-likeness (QED) is 0.339. The van der Waals surface area contributed by atoms with E-state index >= 15 is 0 Å². The van der Waals surface area contributed by atoms with Gasteiger partial charge in [-0.1, -0.05) is 84.7 Å². The third kappa shape index (κ3) is 11.1. The molecule has 0 aliphatic carbocycles. The molecule has 0 aliphatic heterocycles. The lowest BCUT2D eigenvalue weighted by molar-refractivity contribution is 0.00312. The van der Waals surface area contributed by atoms with E-state index < -0.39 is 14.5 Å². The lowest BCUT2D eigenvalue weighted by atomic mass is 10.1. The van der Waals surface area contributed by atoms with Crippen LogP contribution in [0.15, 0.2) is 0 Å². The van der Waals surface area contributed by atoms with Crippen LogP contribution in [0.25, 0.3) is 0 Å². The van der Waals surface area contributed by atoms with Crippen LogP contribution in [0.1, 0.15) is 68.7 Å². The summed E-state index contributed by atoms with van der Waals surface area (Å²) in [6.45, 7) is 23.2. The first kappa shape index (κ1) is 22.5. The smallest absolute Gasteiger partial charge is 0.462 e. The highest BCUT2D eigenvalue weighted by atomic mass is 27.2. The zero-order chi connectivity index (χ0) is 17.3. The van der Waals surface area contributed by atoms with Gasteiger partial charge < -0.3 is 3.79 Å². The van der Waals surface area contributed by atoms with Crippen LogP contribution in [-0.4, -0.2) is 38.7 Å². The van der Waals surface area contributed by atoms with Gasteiger partial charge in [0.05, 0.1) is 6.23 Å². The van der Waals surface area contributed by atoms with Crippen molar-refractivity contribution in [3.8, 4) is 0 Å². The fraction of sp³-hybridized carbons (Fsp3) is 1.00. The molecule has 0 bridgehead atoms. The van der Waals surface area contributed by atoms with Gasteiger partial charge in [-0.25, -0.2) is 0 Å². The van der Waals surface area contributed by atoms with Gasteiger partial charge in [-0.05, 0) is 18.3 Å². The molecule has 0 aliphatic rings. The predicted molar refractivity (Wildman–Crippen MR) is 101 cm³/mol. The van der Waals surface area contributed by atoms with Gasteiger partial charge in [-0.2, -0.15) is 0 Å². The summed E-state index contributed by atoms with van der Waals surface area (Å²) in [4.78, 5) is 2.61. The zero-order valence-corrected chi connectivity index (χ0v) is 18.0. The molecule has 0 aromatic carbocycles. The van der Waals surface area contributed by atoms with E-state index in [9.17, 15) is 0 Å². The van der Waals surface area contributed by atoms with Gasteiger partial charge in [0, 0.05) is 13.1 Å². The summed E-state index contributed by atoms with van der Waals surface area (Å²) in [5.41, 5.74) is 0. The lowest BCUT2D eigenvalue weighted by Crippen LogP contribution is -2.44. The van der Waals surface area contributed by atoms with Crippen LogP contribution in [0.3, 0.4) is 0 Å². The minimum Gasteiger partial charge on any atom is -0.487 e. The first-order chi connectivity index (χ1) is 10.1. The highest BCUT2D eigenvalue weighted by molar-refractivity contribution is 6.52. The van der Waals surface area contributed by atoms with Crippen LogP contribution in [0.5, 0.6) is 0 Å². The second kappa shape index (κ2) is 11.9. The largest absolute Gasteiger partial charge is 0.487 e. The van der Waals surface area contributed by atoms with Crippen LogP contribution in [0.4, 0.5) is 0 Å². The minimum absolute atomic E-state index is 0.332. The Balaban J connectivity index is 4.88. The van der Waals surface area contributed by atoms with Crippen molar-refractivity contribution in [3.05, 3.63) is 0 Å². The Labute approximate surface area is 145 Å². The van der Waals surface area contributed by atoms with E-state index in [0.717, 1.165) is 31.3 Å². The molecule has 0 N–H and O–H groups in total. The first-order valence-electron chi connectivity index (χ1n) is 9.55. The van der Waals surface area contributed by atoms with Crippen molar-refractivity contribution in [2.24, 2.45) is 23.7 Å². The van der Waals surface area contributed by atoms with E-state index in [0.29, 0.717) is 18.1 Å². The lowest BCUT2D eigenvalue weighted by Gasteiger charge is -2.36. The average molecular weight is 328 g/mol. The van der Waals surface area contributed by atoms with Gasteiger partial charge in [0.15, 0.2) is 0 Å². The van der Waals surface area contributed by atoms with Gasteiger partial charge in [0.2, 0.25) is 0 Å². The molecule has 0 rings (SSSR count). The monoisotopic (exact) mass is 327 g/mol. The molecule has 1 atom stereocenters. The standard InChI is InChI=1S/C11H24NO.2C4H9.Al/c1-6-11(13)12(7-9(2)3)8-10(4)5;2*1-4(2)3;/h9-11H,6-8H2,1-5H3;2*4H,1H2,2-3H3;/q-1;;;+1. The van der Waals surface area contributed by atoms with Crippen LogP contribution in [0.2, 0.25) is 10.6 Å². The topological polar surface area (TPSA) is 12.5 Å². The maximum Gasteiger partial charge on any atom is 0.462 e. The molecular weight excluding hydrogens is 285 g/mol. The summed E-state index contributed by atoms with van der Waals surface area (Å²) in [6.07, 6.45) is 1.44. The highest BCUT2D eigenvalue weighted by Crippen LogP contribution is 2.20. The average Bonchev–Trinajstić information content (AvgIpc) is 2.32. The number of hydrogen-bond acceptors (Lipinski definition) is 2. The Morgan fingerprint density at radius 3 is 1.41 bits per heavy atom. The summed E-state index contributed by atoms with van der Waals surface area (Å²) >= 11 is -1.11. The van der Waals surface area contributed by atoms with Crippen molar-refractivity contribution in [2.45, 2.75) is 85.5 Å². The first-order valence-corrected chi connectivity index (χ1v) is 11.7. The van der Waals surface area contributed by atoms with Crippen molar-refractivity contribution in [1.29, 1.82) is 0 Å². The highest BCUT2D eigenvalue weighted by Gasteiger charge is 2.29. The van der Waals surface area contributed by atoms with E-state index in [1.54, 1.807) is 0 Å². The molecule has 0 fully saturated rings. The Kier molecular flexibility index (Phi) is 12.2. The Morgan fingerprint density at radius 1 is 0.727 bits per heavy atom. The maximum atomic E-state index is 6.75. The molecule has 0 saturated heterocycles. The molecule has 3 heteroatoms. The Hall–Kier alpha value is 0.452.